The summed E-state index contributed by atoms with van der Waals surface area (Å²) in [6, 6.07) is 18.8. The van der Waals surface area contributed by atoms with Gasteiger partial charge in [0.1, 0.15) is 0 Å². The van der Waals surface area contributed by atoms with Crippen molar-refractivity contribution in [1.82, 2.24) is 4.98 Å². The van der Waals surface area contributed by atoms with Gasteiger partial charge in [0.05, 0.1) is 5.69 Å². The Morgan fingerprint density at radius 2 is 1.71 bits per heavy atom. The Hall–Kier alpha value is -2.13. The number of aromatic nitrogens is 1. The number of aryl methyl sites for hydroxylation is 1. The van der Waals surface area contributed by atoms with Crippen LogP contribution in [-0.2, 0) is 0 Å². The molecule has 3 heteroatoms. The van der Waals surface area contributed by atoms with Crippen LogP contribution in [0.5, 0.6) is 0 Å². The van der Waals surface area contributed by atoms with E-state index in [4.69, 9.17) is 4.98 Å². The molecule has 21 heavy (non-hydrogen) atoms. The zero-order chi connectivity index (χ0) is 14.7. The summed E-state index contributed by atoms with van der Waals surface area (Å²) in [5.41, 5.74) is 4.72. The van der Waals surface area contributed by atoms with Gasteiger partial charge in [0.15, 0.2) is 5.13 Å². The van der Waals surface area contributed by atoms with Crippen molar-refractivity contribution in [3.05, 3.63) is 65.5 Å². The number of anilines is 2. The predicted molar refractivity (Wildman–Crippen MR) is 91.4 cm³/mol. The highest BCUT2D eigenvalue weighted by atomic mass is 32.1. The van der Waals surface area contributed by atoms with E-state index in [-0.39, 0.29) is 0 Å². The molecule has 0 saturated heterocycles. The summed E-state index contributed by atoms with van der Waals surface area (Å²) in [6.07, 6.45) is 0. The number of hydrogen-bond donors (Lipinski definition) is 0. The van der Waals surface area contributed by atoms with Gasteiger partial charge in [-0.1, -0.05) is 48.5 Å². The van der Waals surface area contributed by atoms with Gasteiger partial charge in [0, 0.05) is 23.2 Å². The van der Waals surface area contributed by atoms with Gasteiger partial charge in [0.25, 0.3) is 0 Å². The quantitative estimate of drug-likeness (QED) is 0.651. The Morgan fingerprint density at radius 3 is 2.43 bits per heavy atom. The van der Waals surface area contributed by atoms with Crippen molar-refractivity contribution in [3.63, 3.8) is 0 Å². The van der Waals surface area contributed by atoms with E-state index >= 15 is 0 Å². The van der Waals surface area contributed by atoms with E-state index in [9.17, 15) is 0 Å². The average Bonchev–Trinajstić information content (AvgIpc) is 3.00. The van der Waals surface area contributed by atoms with Gasteiger partial charge in [-0.15, -0.1) is 11.3 Å². The minimum atomic E-state index is 0.909. The molecule has 106 valence electrons. The molecule has 0 aliphatic rings. The summed E-state index contributed by atoms with van der Waals surface area (Å²) >= 11 is 1.70. The molecule has 2 aromatic carbocycles. The fourth-order valence-electron chi connectivity index (χ4n) is 2.40. The molecule has 2 nitrogen and oxygen atoms in total. The first-order valence-corrected chi connectivity index (χ1v) is 8.01. The maximum absolute atomic E-state index is 4.81. The van der Waals surface area contributed by atoms with E-state index in [0.29, 0.717) is 0 Å². The Bertz CT molecular complexity index is 719. The van der Waals surface area contributed by atoms with Crippen molar-refractivity contribution in [2.24, 2.45) is 0 Å². The lowest BCUT2D eigenvalue weighted by Crippen LogP contribution is -2.16. The number of nitrogens with zero attached hydrogens (tertiary/aromatic N) is 2. The van der Waals surface area contributed by atoms with Crippen molar-refractivity contribution in [2.75, 3.05) is 11.4 Å². The molecule has 0 amide bonds. The third-order valence-electron chi connectivity index (χ3n) is 3.51. The summed E-state index contributed by atoms with van der Waals surface area (Å²) in [5.74, 6) is 0. The first-order valence-electron chi connectivity index (χ1n) is 7.13. The summed E-state index contributed by atoms with van der Waals surface area (Å²) in [7, 11) is 0. The Morgan fingerprint density at radius 1 is 1.00 bits per heavy atom. The number of rotatable bonds is 4. The minimum Gasteiger partial charge on any atom is -0.318 e. The summed E-state index contributed by atoms with van der Waals surface area (Å²) < 4.78 is 0. The average molecular weight is 294 g/mol. The third kappa shape index (κ3) is 2.83. The number of thiazole rings is 1. The first kappa shape index (κ1) is 13.8. The number of benzene rings is 2. The molecule has 0 unspecified atom stereocenters. The molecule has 3 rings (SSSR count). The molecule has 0 aliphatic heterocycles. The summed E-state index contributed by atoms with van der Waals surface area (Å²) in [5, 5.41) is 3.18. The molecular formula is C18H18N2S. The lowest BCUT2D eigenvalue weighted by atomic mass is 10.2. The first-order chi connectivity index (χ1) is 10.3. The molecule has 0 bridgehead atoms. The fourth-order valence-corrected chi connectivity index (χ4v) is 3.32. The third-order valence-corrected chi connectivity index (χ3v) is 4.38. The standard InChI is InChI=1S/C18H18N2S/c1-3-20(17-12-8-7-9-14(17)2)18-19-16(13-21-18)15-10-5-4-6-11-15/h4-13H,3H2,1-2H3. The topological polar surface area (TPSA) is 16.1 Å². The Balaban J connectivity index is 1.96. The molecule has 0 saturated carbocycles. The minimum absolute atomic E-state index is 0.909. The van der Waals surface area contributed by atoms with Crippen LogP contribution in [0, 0.1) is 6.92 Å². The van der Waals surface area contributed by atoms with Gasteiger partial charge in [-0.05, 0) is 25.5 Å². The molecule has 0 fully saturated rings. The second-order valence-corrected chi connectivity index (χ2v) is 5.75. The zero-order valence-electron chi connectivity index (χ0n) is 12.3. The lowest BCUT2D eigenvalue weighted by Gasteiger charge is -2.21. The molecular weight excluding hydrogens is 276 g/mol. The van der Waals surface area contributed by atoms with E-state index in [1.807, 2.05) is 18.2 Å². The van der Waals surface area contributed by atoms with Crippen molar-refractivity contribution < 1.29 is 0 Å². The van der Waals surface area contributed by atoms with Crippen LogP contribution >= 0.6 is 11.3 Å². The summed E-state index contributed by atoms with van der Waals surface area (Å²) in [4.78, 5) is 7.08. The molecule has 0 N–H and O–H groups in total. The van der Waals surface area contributed by atoms with Gasteiger partial charge in [-0.2, -0.15) is 0 Å². The van der Waals surface area contributed by atoms with E-state index in [0.717, 1.165) is 17.4 Å². The monoisotopic (exact) mass is 294 g/mol. The smallest absolute Gasteiger partial charge is 0.190 e. The normalized spacial score (nSPS) is 10.6. The van der Waals surface area contributed by atoms with Crippen molar-refractivity contribution in [3.8, 4) is 11.3 Å². The Kier molecular flexibility index (Phi) is 4.02. The van der Waals surface area contributed by atoms with E-state index in [1.165, 1.54) is 16.8 Å². The molecule has 3 aromatic rings. The maximum atomic E-state index is 4.81. The second-order valence-electron chi connectivity index (χ2n) is 4.91. The molecule has 1 aromatic heterocycles. The van der Waals surface area contributed by atoms with Crippen LogP contribution in [0.25, 0.3) is 11.3 Å². The van der Waals surface area contributed by atoms with Crippen LogP contribution in [0.4, 0.5) is 10.8 Å². The zero-order valence-corrected chi connectivity index (χ0v) is 13.1. The predicted octanol–water partition coefficient (Wildman–Crippen LogP) is 5.28. The van der Waals surface area contributed by atoms with Crippen LogP contribution in [0.3, 0.4) is 0 Å². The van der Waals surface area contributed by atoms with Crippen LogP contribution < -0.4 is 4.90 Å². The van der Waals surface area contributed by atoms with Crippen LogP contribution in [0.1, 0.15) is 12.5 Å². The van der Waals surface area contributed by atoms with Gasteiger partial charge in [-0.25, -0.2) is 4.98 Å². The van der Waals surface area contributed by atoms with Crippen LogP contribution in [-0.4, -0.2) is 11.5 Å². The largest absolute Gasteiger partial charge is 0.318 e. The van der Waals surface area contributed by atoms with Gasteiger partial charge >= 0.3 is 0 Å². The summed E-state index contributed by atoms with van der Waals surface area (Å²) in [6.45, 7) is 5.21. The lowest BCUT2D eigenvalue weighted by molar-refractivity contribution is 1.00. The SMILES string of the molecule is CCN(c1nc(-c2ccccc2)cs1)c1ccccc1C. The van der Waals surface area contributed by atoms with Crippen LogP contribution in [0.2, 0.25) is 0 Å². The van der Waals surface area contributed by atoms with E-state index in [1.54, 1.807) is 11.3 Å². The highest BCUT2D eigenvalue weighted by Gasteiger charge is 2.13. The molecule has 0 atom stereocenters. The molecule has 0 radical (unpaired) electrons. The second kappa shape index (κ2) is 6.10. The maximum Gasteiger partial charge on any atom is 0.190 e. The van der Waals surface area contributed by atoms with E-state index in [2.05, 4.69) is 60.5 Å². The van der Waals surface area contributed by atoms with Gasteiger partial charge in [-0.3, -0.25) is 0 Å². The van der Waals surface area contributed by atoms with Crippen molar-refractivity contribution in [2.45, 2.75) is 13.8 Å². The van der Waals surface area contributed by atoms with Crippen molar-refractivity contribution in [1.29, 1.82) is 0 Å². The number of hydrogen-bond acceptors (Lipinski definition) is 3. The van der Waals surface area contributed by atoms with Crippen LogP contribution in [0.15, 0.2) is 60.0 Å². The van der Waals surface area contributed by atoms with Gasteiger partial charge < -0.3 is 4.90 Å². The highest BCUT2D eigenvalue weighted by Crippen LogP contribution is 2.33. The molecule has 0 spiro atoms. The van der Waals surface area contributed by atoms with Gasteiger partial charge in [0.2, 0.25) is 0 Å². The van der Waals surface area contributed by atoms with Crippen molar-refractivity contribution >= 4 is 22.2 Å². The molecule has 0 aliphatic carbocycles. The van der Waals surface area contributed by atoms with E-state index < -0.39 is 0 Å². The molecule has 1 heterocycles. The fraction of sp³-hybridized carbons (Fsp3) is 0.167. The number of para-hydroxylation sites is 1. The Labute approximate surface area is 129 Å². The highest BCUT2D eigenvalue weighted by molar-refractivity contribution is 7.14.